The van der Waals surface area contributed by atoms with Gasteiger partial charge >= 0.3 is 5.69 Å². The van der Waals surface area contributed by atoms with Crippen LogP contribution >= 0.6 is 11.3 Å². The van der Waals surface area contributed by atoms with Crippen LogP contribution in [0.15, 0.2) is 47.8 Å². The van der Waals surface area contributed by atoms with Crippen molar-refractivity contribution in [1.29, 1.82) is 0 Å². The van der Waals surface area contributed by atoms with Crippen molar-refractivity contribution in [1.82, 2.24) is 4.98 Å². The highest BCUT2D eigenvalue weighted by atomic mass is 32.1. The molecule has 0 aliphatic heterocycles. The zero-order valence-electron chi connectivity index (χ0n) is 19.1. The van der Waals surface area contributed by atoms with E-state index in [2.05, 4.69) is 4.98 Å². The Morgan fingerprint density at radius 3 is 2.62 bits per heavy atom. The van der Waals surface area contributed by atoms with Crippen molar-refractivity contribution in [2.75, 3.05) is 46.0 Å². The Kier molecular flexibility index (Phi) is 8.77. The molecule has 3 rings (SSSR count). The summed E-state index contributed by atoms with van der Waals surface area (Å²) in [5, 5.41) is 13.5. The maximum Gasteiger partial charge on any atom is 0.310 e. The van der Waals surface area contributed by atoms with Crippen LogP contribution in [0, 0.1) is 10.1 Å². The number of amides is 1. The van der Waals surface area contributed by atoms with E-state index in [1.54, 1.807) is 39.5 Å². The molecule has 0 saturated heterocycles. The first kappa shape index (κ1) is 24.9. The van der Waals surface area contributed by atoms with Crippen molar-refractivity contribution in [2.24, 2.45) is 0 Å². The smallest absolute Gasteiger partial charge is 0.310 e. The number of nitrogens with zero attached hydrogens (tertiary/aromatic N) is 3. The van der Waals surface area contributed by atoms with E-state index < -0.39 is 4.92 Å². The average molecular weight is 488 g/mol. The van der Waals surface area contributed by atoms with Crippen LogP contribution in [0.4, 0.5) is 10.8 Å². The molecule has 1 aromatic heterocycles. The molecule has 0 bridgehead atoms. The highest BCUT2D eigenvalue weighted by Crippen LogP contribution is 2.36. The normalized spacial score (nSPS) is 10.6. The minimum atomic E-state index is -0.551. The number of thiazole rings is 1. The van der Waals surface area contributed by atoms with Crippen molar-refractivity contribution in [2.45, 2.75) is 6.42 Å². The molecule has 34 heavy (non-hydrogen) atoms. The number of anilines is 1. The van der Waals surface area contributed by atoms with E-state index >= 15 is 0 Å². The Hall–Kier alpha value is -3.70. The molecule has 3 aromatic rings. The van der Waals surface area contributed by atoms with Crippen LogP contribution in [0.1, 0.15) is 6.42 Å². The van der Waals surface area contributed by atoms with Crippen molar-refractivity contribution in [3.05, 3.63) is 58.0 Å². The van der Waals surface area contributed by atoms with E-state index in [4.69, 9.17) is 18.9 Å². The number of hydrogen-bond acceptors (Lipinski definition) is 9. The molecule has 0 N–H and O–H groups in total. The fourth-order valence-corrected chi connectivity index (χ4v) is 4.04. The third-order valence-corrected chi connectivity index (χ3v) is 5.71. The Morgan fingerprint density at radius 1 is 1.12 bits per heavy atom. The van der Waals surface area contributed by atoms with Crippen LogP contribution in [0.5, 0.6) is 17.2 Å². The van der Waals surface area contributed by atoms with Crippen LogP contribution < -0.4 is 19.1 Å². The van der Waals surface area contributed by atoms with E-state index in [1.807, 2.05) is 11.4 Å². The summed E-state index contributed by atoms with van der Waals surface area (Å²) in [6.07, 6.45) is 0.575. The van der Waals surface area contributed by atoms with Gasteiger partial charge in [0.25, 0.3) is 5.91 Å². The second-order valence-corrected chi connectivity index (χ2v) is 7.82. The molecule has 0 atom stereocenters. The number of methoxy groups -OCH3 is 3. The van der Waals surface area contributed by atoms with Gasteiger partial charge in [0.2, 0.25) is 0 Å². The third kappa shape index (κ3) is 6.00. The molecule has 10 nitrogen and oxygen atoms in total. The Morgan fingerprint density at radius 2 is 1.91 bits per heavy atom. The molecule has 180 valence electrons. The van der Waals surface area contributed by atoms with Crippen molar-refractivity contribution in [3.8, 4) is 28.5 Å². The van der Waals surface area contributed by atoms with E-state index in [0.29, 0.717) is 41.9 Å². The molecule has 0 saturated carbocycles. The molecule has 2 aromatic carbocycles. The monoisotopic (exact) mass is 487 g/mol. The number of benzene rings is 2. The number of nitro groups is 1. The number of rotatable bonds is 12. The molecule has 1 amide bonds. The van der Waals surface area contributed by atoms with Gasteiger partial charge in [-0.15, -0.1) is 11.3 Å². The van der Waals surface area contributed by atoms with E-state index in [1.165, 1.54) is 34.4 Å². The Balaban J connectivity index is 1.84. The number of para-hydroxylation sites is 2. The van der Waals surface area contributed by atoms with Gasteiger partial charge in [-0.3, -0.25) is 19.8 Å². The topological polar surface area (TPSA) is 113 Å². The molecule has 0 fully saturated rings. The van der Waals surface area contributed by atoms with Gasteiger partial charge in [0.05, 0.1) is 24.8 Å². The standard InChI is InChI=1S/C23H25N3O7S/c1-30-12-6-11-25(22(27)14-33-21-8-5-4-7-19(21)26(28)29)23-24-18(15-34-23)17-13-16(31-2)9-10-20(17)32-3/h4-5,7-10,13,15H,6,11-12,14H2,1-3H3. The van der Waals surface area contributed by atoms with Crippen LogP contribution in [0.2, 0.25) is 0 Å². The van der Waals surface area contributed by atoms with Gasteiger partial charge in [0.15, 0.2) is 17.5 Å². The van der Waals surface area contributed by atoms with Crippen LogP contribution in [-0.4, -0.2) is 56.9 Å². The fraction of sp³-hybridized carbons (Fsp3) is 0.304. The number of nitro benzene ring substituents is 1. The lowest BCUT2D eigenvalue weighted by atomic mass is 10.1. The molecule has 0 unspecified atom stereocenters. The number of carbonyl (C=O) groups excluding carboxylic acids is 1. The predicted molar refractivity (Wildman–Crippen MR) is 128 cm³/mol. The zero-order chi connectivity index (χ0) is 24.5. The van der Waals surface area contributed by atoms with Crippen LogP contribution in [-0.2, 0) is 9.53 Å². The lowest BCUT2D eigenvalue weighted by Gasteiger charge is -2.20. The molecule has 0 radical (unpaired) electrons. The summed E-state index contributed by atoms with van der Waals surface area (Å²) >= 11 is 1.29. The number of hydrogen-bond donors (Lipinski definition) is 0. The van der Waals surface area contributed by atoms with E-state index in [9.17, 15) is 14.9 Å². The summed E-state index contributed by atoms with van der Waals surface area (Å²) in [6.45, 7) is 0.418. The van der Waals surface area contributed by atoms with Gasteiger partial charge in [-0.25, -0.2) is 4.98 Å². The van der Waals surface area contributed by atoms with Gasteiger partial charge in [-0.2, -0.15) is 0 Å². The van der Waals surface area contributed by atoms with Gasteiger partial charge in [0.1, 0.15) is 11.5 Å². The van der Waals surface area contributed by atoms with Gasteiger partial charge in [-0.05, 0) is 30.7 Å². The highest BCUT2D eigenvalue weighted by molar-refractivity contribution is 7.14. The summed E-state index contributed by atoms with van der Waals surface area (Å²) in [4.78, 5) is 29.9. The van der Waals surface area contributed by atoms with E-state index in [-0.39, 0.29) is 24.0 Å². The summed E-state index contributed by atoms with van der Waals surface area (Å²) < 4.78 is 21.4. The first-order valence-corrected chi connectivity index (χ1v) is 11.2. The maximum absolute atomic E-state index is 13.1. The Labute approximate surface area is 200 Å². The summed E-state index contributed by atoms with van der Waals surface area (Å²) in [6, 6.07) is 11.3. The predicted octanol–water partition coefficient (Wildman–Crippen LogP) is 4.18. The number of carbonyl (C=O) groups is 1. The lowest BCUT2D eigenvalue weighted by molar-refractivity contribution is -0.385. The molecule has 11 heteroatoms. The van der Waals surface area contributed by atoms with Crippen molar-refractivity contribution >= 4 is 28.1 Å². The molecule has 0 aliphatic carbocycles. The largest absolute Gasteiger partial charge is 0.497 e. The minimum absolute atomic E-state index is 0.0265. The quantitative estimate of drug-likeness (QED) is 0.212. The molecular weight excluding hydrogens is 462 g/mol. The second kappa shape index (κ2) is 12.0. The first-order valence-electron chi connectivity index (χ1n) is 10.3. The van der Waals surface area contributed by atoms with Gasteiger partial charge in [0, 0.05) is 37.3 Å². The molecular formula is C23H25N3O7S. The van der Waals surface area contributed by atoms with Gasteiger partial charge in [-0.1, -0.05) is 12.1 Å². The summed E-state index contributed by atoms with van der Waals surface area (Å²) in [7, 11) is 4.73. The average Bonchev–Trinajstić information content (AvgIpc) is 3.34. The van der Waals surface area contributed by atoms with E-state index in [0.717, 1.165) is 5.56 Å². The fourth-order valence-electron chi connectivity index (χ4n) is 3.17. The molecule has 0 aliphatic rings. The highest BCUT2D eigenvalue weighted by Gasteiger charge is 2.23. The Bertz CT molecular complexity index is 1140. The molecule has 1 heterocycles. The van der Waals surface area contributed by atoms with Crippen LogP contribution in [0.3, 0.4) is 0 Å². The first-order chi connectivity index (χ1) is 16.5. The van der Waals surface area contributed by atoms with Crippen molar-refractivity contribution in [3.63, 3.8) is 0 Å². The third-order valence-electron chi connectivity index (χ3n) is 4.85. The zero-order valence-corrected chi connectivity index (χ0v) is 19.9. The number of ether oxygens (including phenoxy) is 4. The second-order valence-electron chi connectivity index (χ2n) is 6.99. The summed E-state index contributed by atoms with van der Waals surface area (Å²) in [5.74, 6) is 0.914. The van der Waals surface area contributed by atoms with Crippen molar-refractivity contribution < 1.29 is 28.7 Å². The SMILES string of the molecule is COCCCN(C(=O)COc1ccccc1[N+](=O)[O-])c1nc(-c2cc(OC)ccc2OC)cs1. The molecule has 0 spiro atoms. The lowest BCUT2D eigenvalue weighted by Crippen LogP contribution is -2.36. The summed E-state index contributed by atoms with van der Waals surface area (Å²) in [5.41, 5.74) is 1.15. The maximum atomic E-state index is 13.1. The van der Waals surface area contributed by atoms with Gasteiger partial charge < -0.3 is 18.9 Å². The number of aromatic nitrogens is 1. The minimum Gasteiger partial charge on any atom is -0.497 e. The van der Waals surface area contributed by atoms with Crippen LogP contribution in [0.25, 0.3) is 11.3 Å².